The molecule has 0 aromatic heterocycles. The van der Waals surface area contributed by atoms with Gasteiger partial charge in [-0.15, -0.1) is 6.58 Å². The van der Waals surface area contributed by atoms with Crippen LogP contribution in [-0.4, -0.2) is 43.5 Å². The topological polar surface area (TPSA) is 35.6 Å². The molecule has 1 N–H and O–H groups in total. The van der Waals surface area contributed by atoms with Crippen molar-refractivity contribution in [3.8, 4) is 11.1 Å². The van der Waals surface area contributed by atoms with Crippen LogP contribution in [0.3, 0.4) is 0 Å². The number of hydrogen-bond donors (Lipinski definition) is 1. The summed E-state index contributed by atoms with van der Waals surface area (Å²) in [6, 6.07) is 18.2. The van der Waals surface area contributed by atoms with E-state index in [1.807, 2.05) is 56.3 Å². The number of hydrogen-bond acceptors (Lipinski definition) is 3. The molecule has 3 aromatic carbocycles. The highest BCUT2D eigenvalue weighted by molar-refractivity contribution is 6.09. The maximum absolute atomic E-state index is 13.4. The average molecular weight is 508 g/mol. The van der Waals surface area contributed by atoms with Crippen molar-refractivity contribution in [2.75, 3.05) is 42.9 Å². The van der Waals surface area contributed by atoms with Gasteiger partial charge in [-0.3, -0.25) is 9.69 Å². The van der Waals surface area contributed by atoms with Gasteiger partial charge in [0.25, 0.3) is 5.91 Å². The Balaban J connectivity index is 1.55. The van der Waals surface area contributed by atoms with E-state index < -0.39 is 11.7 Å². The molecule has 0 aliphatic carbocycles. The number of carbonyl (C=O) groups is 1. The zero-order valence-electron chi connectivity index (χ0n) is 21.2. The summed E-state index contributed by atoms with van der Waals surface area (Å²) in [5.74, 6) is -0.223. The van der Waals surface area contributed by atoms with Crippen LogP contribution in [0.5, 0.6) is 0 Å². The van der Waals surface area contributed by atoms with Gasteiger partial charge in [-0.05, 0) is 65.1 Å². The number of benzene rings is 3. The van der Waals surface area contributed by atoms with Crippen LogP contribution < -0.4 is 10.2 Å². The standard InChI is InChI=1S/C30H32F3N3O/c1-4-16-35-17-19-36(20-18-35)25-14-12-24(13-15-25)34-29(37)27-7-5-6-26(21(2)3)28(27)22-8-10-23(11-9-22)30(31,32)33/h4-15,21H,1,16-20H2,2-3H3,(H,34,37). The van der Waals surface area contributed by atoms with Crippen molar-refractivity contribution in [1.29, 1.82) is 0 Å². The lowest BCUT2D eigenvalue weighted by Crippen LogP contribution is -2.46. The second-order valence-corrected chi connectivity index (χ2v) is 9.58. The van der Waals surface area contributed by atoms with Gasteiger partial charge in [-0.1, -0.05) is 44.2 Å². The van der Waals surface area contributed by atoms with Gasteiger partial charge in [0.05, 0.1) is 5.56 Å². The fourth-order valence-electron chi connectivity index (χ4n) is 4.71. The van der Waals surface area contributed by atoms with Crippen LogP contribution in [0.25, 0.3) is 11.1 Å². The van der Waals surface area contributed by atoms with E-state index in [4.69, 9.17) is 0 Å². The Morgan fingerprint density at radius 2 is 1.62 bits per heavy atom. The number of piperazine rings is 1. The Hall–Kier alpha value is -3.58. The summed E-state index contributed by atoms with van der Waals surface area (Å²) < 4.78 is 39.3. The van der Waals surface area contributed by atoms with Gasteiger partial charge in [0.15, 0.2) is 0 Å². The summed E-state index contributed by atoms with van der Waals surface area (Å²) in [5.41, 5.74) is 3.60. The molecule has 1 aliphatic heterocycles. The molecule has 0 atom stereocenters. The molecule has 37 heavy (non-hydrogen) atoms. The van der Waals surface area contributed by atoms with Crippen LogP contribution >= 0.6 is 0 Å². The zero-order valence-corrected chi connectivity index (χ0v) is 21.2. The van der Waals surface area contributed by atoms with Gasteiger partial charge in [0.2, 0.25) is 0 Å². The highest BCUT2D eigenvalue weighted by Gasteiger charge is 2.30. The zero-order chi connectivity index (χ0) is 26.6. The third-order valence-corrected chi connectivity index (χ3v) is 6.71. The summed E-state index contributed by atoms with van der Waals surface area (Å²) in [4.78, 5) is 18.1. The Morgan fingerprint density at radius 1 is 0.973 bits per heavy atom. The van der Waals surface area contributed by atoms with E-state index in [1.54, 1.807) is 6.07 Å². The molecule has 1 fully saturated rings. The van der Waals surface area contributed by atoms with Gasteiger partial charge in [-0.25, -0.2) is 0 Å². The first-order valence-electron chi connectivity index (χ1n) is 12.5. The minimum absolute atomic E-state index is 0.0799. The number of carbonyl (C=O) groups excluding carboxylic acids is 1. The quantitative estimate of drug-likeness (QED) is 0.348. The average Bonchev–Trinajstić information content (AvgIpc) is 2.89. The first-order valence-corrected chi connectivity index (χ1v) is 12.5. The number of nitrogens with one attached hydrogen (secondary N) is 1. The minimum Gasteiger partial charge on any atom is -0.369 e. The molecule has 3 aromatic rings. The molecule has 4 rings (SSSR count). The highest BCUT2D eigenvalue weighted by Crippen LogP contribution is 2.36. The number of rotatable bonds is 7. The largest absolute Gasteiger partial charge is 0.416 e. The Bertz CT molecular complexity index is 1230. The van der Waals surface area contributed by atoms with Gasteiger partial charge < -0.3 is 10.2 Å². The summed E-state index contributed by atoms with van der Waals surface area (Å²) in [6.45, 7) is 12.5. The molecule has 1 saturated heterocycles. The third kappa shape index (κ3) is 6.23. The number of halogens is 3. The molecule has 7 heteroatoms. The molecular formula is C30H32F3N3O. The molecule has 0 saturated carbocycles. The van der Waals surface area contributed by atoms with Crippen LogP contribution in [0.15, 0.2) is 79.4 Å². The number of anilines is 2. The maximum Gasteiger partial charge on any atom is 0.416 e. The second kappa shape index (κ2) is 11.2. The first kappa shape index (κ1) is 26.5. The minimum atomic E-state index is -4.42. The molecule has 194 valence electrons. The Labute approximate surface area is 216 Å². The van der Waals surface area contributed by atoms with E-state index in [0.29, 0.717) is 22.4 Å². The van der Waals surface area contributed by atoms with Crippen molar-refractivity contribution in [3.05, 3.63) is 96.1 Å². The summed E-state index contributed by atoms with van der Waals surface area (Å²) >= 11 is 0. The van der Waals surface area contributed by atoms with Gasteiger partial charge in [0, 0.05) is 49.7 Å². The van der Waals surface area contributed by atoms with E-state index in [1.165, 1.54) is 12.1 Å². The van der Waals surface area contributed by atoms with Crippen molar-refractivity contribution >= 4 is 17.3 Å². The fourth-order valence-corrected chi connectivity index (χ4v) is 4.71. The molecule has 1 heterocycles. The second-order valence-electron chi connectivity index (χ2n) is 9.58. The van der Waals surface area contributed by atoms with Gasteiger partial charge in [0.1, 0.15) is 0 Å². The molecular weight excluding hydrogens is 475 g/mol. The monoisotopic (exact) mass is 507 g/mol. The number of amides is 1. The van der Waals surface area contributed by atoms with E-state index in [-0.39, 0.29) is 11.8 Å². The Kier molecular flexibility index (Phi) is 8.03. The summed E-state index contributed by atoms with van der Waals surface area (Å²) in [7, 11) is 0. The van der Waals surface area contributed by atoms with Crippen molar-refractivity contribution in [2.24, 2.45) is 0 Å². The van der Waals surface area contributed by atoms with Crippen LogP contribution in [0, 0.1) is 0 Å². The molecule has 0 bridgehead atoms. The molecule has 1 aliphatic rings. The summed E-state index contributed by atoms with van der Waals surface area (Å²) in [6.07, 6.45) is -2.49. The number of nitrogens with zero attached hydrogens (tertiary/aromatic N) is 2. The maximum atomic E-state index is 13.4. The Morgan fingerprint density at radius 3 is 2.19 bits per heavy atom. The lowest BCUT2D eigenvalue weighted by atomic mass is 9.88. The lowest BCUT2D eigenvalue weighted by molar-refractivity contribution is -0.137. The molecule has 0 radical (unpaired) electrons. The predicted molar refractivity (Wildman–Crippen MR) is 144 cm³/mol. The van der Waals surface area contributed by atoms with Crippen molar-refractivity contribution in [3.63, 3.8) is 0 Å². The SMILES string of the molecule is C=CCN1CCN(c2ccc(NC(=O)c3cccc(C(C)C)c3-c3ccc(C(F)(F)F)cc3)cc2)CC1. The van der Waals surface area contributed by atoms with E-state index >= 15 is 0 Å². The summed E-state index contributed by atoms with van der Waals surface area (Å²) in [5, 5.41) is 2.97. The van der Waals surface area contributed by atoms with Crippen molar-refractivity contribution in [2.45, 2.75) is 25.9 Å². The first-order chi connectivity index (χ1) is 17.7. The van der Waals surface area contributed by atoms with Crippen LogP contribution in [0.1, 0.15) is 41.3 Å². The van der Waals surface area contributed by atoms with E-state index in [9.17, 15) is 18.0 Å². The third-order valence-electron chi connectivity index (χ3n) is 6.71. The van der Waals surface area contributed by atoms with Crippen molar-refractivity contribution < 1.29 is 18.0 Å². The molecule has 0 spiro atoms. The predicted octanol–water partition coefficient (Wildman–Crippen LogP) is 7.06. The number of alkyl halides is 3. The normalized spacial score (nSPS) is 14.6. The lowest BCUT2D eigenvalue weighted by Gasteiger charge is -2.35. The van der Waals surface area contributed by atoms with Crippen LogP contribution in [0.2, 0.25) is 0 Å². The fraction of sp³-hybridized carbons (Fsp3) is 0.300. The van der Waals surface area contributed by atoms with Gasteiger partial charge >= 0.3 is 6.18 Å². The highest BCUT2D eigenvalue weighted by atomic mass is 19.4. The van der Waals surface area contributed by atoms with Gasteiger partial charge in [-0.2, -0.15) is 13.2 Å². The van der Waals surface area contributed by atoms with E-state index in [2.05, 4.69) is 21.7 Å². The smallest absolute Gasteiger partial charge is 0.369 e. The van der Waals surface area contributed by atoms with Crippen molar-refractivity contribution in [1.82, 2.24) is 4.90 Å². The van der Waals surface area contributed by atoms with Crippen LogP contribution in [0.4, 0.5) is 24.5 Å². The molecule has 1 amide bonds. The van der Waals surface area contributed by atoms with Crippen LogP contribution in [-0.2, 0) is 6.18 Å². The molecule has 4 nitrogen and oxygen atoms in total. The van der Waals surface area contributed by atoms with E-state index in [0.717, 1.165) is 56.1 Å². The molecule has 0 unspecified atom stereocenters.